The van der Waals surface area contributed by atoms with Gasteiger partial charge in [0, 0.05) is 30.1 Å². The smallest absolute Gasteiger partial charge is 0.247 e. The van der Waals surface area contributed by atoms with E-state index >= 15 is 0 Å². The van der Waals surface area contributed by atoms with E-state index in [2.05, 4.69) is 13.2 Å². The Morgan fingerprint density at radius 1 is 1.05 bits per heavy atom. The van der Waals surface area contributed by atoms with E-state index in [9.17, 15) is 19.5 Å². The van der Waals surface area contributed by atoms with Crippen molar-refractivity contribution in [2.45, 2.75) is 54.8 Å². The summed E-state index contributed by atoms with van der Waals surface area (Å²) in [7, 11) is 0. The van der Waals surface area contributed by atoms with Crippen molar-refractivity contribution in [1.29, 1.82) is 0 Å². The molecule has 2 aromatic rings. The highest BCUT2D eigenvalue weighted by molar-refractivity contribution is 8.02. The fourth-order valence-corrected chi connectivity index (χ4v) is 9.30. The van der Waals surface area contributed by atoms with Gasteiger partial charge in [0.25, 0.3) is 0 Å². The number of likely N-dealkylation sites (tertiary alicyclic amines) is 1. The molecule has 0 aliphatic carbocycles. The number of hydrogen-bond donors (Lipinski definition) is 1. The third kappa shape index (κ3) is 4.81. The first-order valence-corrected chi connectivity index (χ1v) is 15.2. The minimum Gasteiger partial charge on any atom is -0.394 e. The van der Waals surface area contributed by atoms with Crippen LogP contribution in [-0.2, 0) is 14.4 Å². The summed E-state index contributed by atoms with van der Waals surface area (Å²) in [6, 6.07) is 17.2. The molecular formula is C33H39N3O4S. The summed E-state index contributed by atoms with van der Waals surface area (Å²) in [5.41, 5.74) is 1.51. The predicted molar refractivity (Wildman–Crippen MR) is 163 cm³/mol. The molecule has 2 aromatic carbocycles. The lowest BCUT2D eigenvalue weighted by Crippen LogP contribution is -2.57. The van der Waals surface area contributed by atoms with Crippen LogP contribution in [0.2, 0.25) is 0 Å². The molecule has 0 aromatic heterocycles. The number of rotatable bonds is 11. The molecule has 2 unspecified atom stereocenters. The van der Waals surface area contributed by atoms with Crippen molar-refractivity contribution in [3.8, 4) is 0 Å². The largest absolute Gasteiger partial charge is 0.394 e. The number of nitrogens with zero attached hydrogens (tertiary/aromatic N) is 3. The summed E-state index contributed by atoms with van der Waals surface area (Å²) in [4.78, 5) is 48.7. The van der Waals surface area contributed by atoms with Crippen LogP contribution in [-0.4, -0.2) is 74.4 Å². The standard InChI is InChI=1S/C33H39N3O4S/c1-5-19-34(22(3)4)32(40)29-33-18-17-26(41-33)27(30(38)35(20-6-2)24-15-11-8-12-16-24)28(33)31(39)36(29)25(21-37)23-13-9-7-10-14-23/h5-16,22,25-29,37H,1-2,17-21H2,3-4H3/t25-,26-,27+,28+,29?,33?/m1/s1. The Morgan fingerprint density at radius 2 is 1.68 bits per heavy atom. The lowest BCUT2D eigenvalue weighted by molar-refractivity contribution is -0.146. The third-order valence-corrected chi connectivity index (χ3v) is 10.8. The number of para-hydroxylation sites is 1. The molecule has 216 valence electrons. The fraction of sp³-hybridized carbons (Fsp3) is 0.424. The molecule has 8 heteroatoms. The number of anilines is 1. The molecule has 3 aliphatic heterocycles. The van der Waals surface area contributed by atoms with Crippen LogP contribution in [0.5, 0.6) is 0 Å². The van der Waals surface area contributed by atoms with Crippen molar-refractivity contribution in [3.63, 3.8) is 0 Å². The molecule has 3 amide bonds. The zero-order valence-electron chi connectivity index (χ0n) is 23.8. The summed E-state index contributed by atoms with van der Waals surface area (Å²) in [5, 5.41) is 10.6. The van der Waals surface area contributed by atoms with Crippen molar-refractivity contribution < 1.29 is 19.5 Å². The topological polar surface area (TPSA) is 81.2 Å². The maximum absolute atomic E-state index is 14.7. The van der Waals surface area contributed by atoms with Crippen LogP contribution in [0.25, 0.3) is 0 Å². The summed E-state index contributed by atoms with van der Waals surface area (Å²) in [6.45, 7) is 12.0. The zero-order chi connectivity index (χ0) is 29.3. The average molecular weight is 574 g/mol. The molecule has 7 nitrogen and oxygen atoms in total. The molecule has 6 atom stereocenters. The van der Waals surface area contributed by atoms with Gasteiger partial charge >= 0.3 is 0 Å². The normalized spacial score (nSPS) is 27.0. The highest BCUT2D eigenvalue weighted by Gasteiger charge is 2.74. The van der Waals surface area contributed by atoms with Gasteiger partial charge in [0.05, 0.1) is 29.2 Å². The van der Waals surface area contributed by atoms with Gasteiger partial charge in [-0.3, -0.25) is 14.4 Å². The van der Waals surface area contributed by atoms with E-state index < -0.39 is 28.7 Å². The van der Waals surface area contributed by atoms with Gasteiger partial charge in [-0.25, -0.2) is 0 Å². The van der Waals surface area contributed by atoms with Gasteiger partial charge in [-0.1, -0.05) is 60.7 Å². The molecule has 3 aliphatic rings. The van der Waals surface area contributed by atoms with E-state index in [0.29, 0.717) is 19.5 Å². The number of carbonyl (C=O) groups is 3. The first-order valence-electron chi connectivity index (χ1n) is 14.3. The Labute approximate surface area is 246 Å². The summed E-state index contributed by atoms with van der Waals surface area (Å²) >= 11 is 1.64. The highest BCUT2D eigenvalue weighted by atomic mass is 32.2. The molecule has 0 radical (unpaired) electrons. The second-order valence-electron chi connectivity index (χ2n) is 11.4. The van der Waals surface area contributed by atoms with Crippen LogP contribution >= 0.6 is 11.8 Å². The summed E-state index contributed by atoms with van der Waals surface area (Å²) in [6.07, 6.45) is 4.81. The highest BCUT2D eigenvalue weighted by Crippen LogP contribution is 2.67. The van der Waals surface area contributed by atoms with Crippen molar-refractivity contribution in [3.05, 3.63) is 91.5 Å². The average Bonchev–Trinajstić information content (AvgIpc) is 3.63. The lowest BCUT2D eigenvalue weighted by atomic mass is 9.70. The number of fused-ring (bicyclic) bond motifs is 1. The van der Waals surface area contributed by atoms with Gasteiger partial charge < -0.3 is 19.8 Å². The van der Waals surface area contributed by atoms with Gasteiger partial charge in [0.15, 0.2) is 0 Å². The number of thioether (sulfide) groups is 1. The van der Waals surface area contributed by atoms with E-state index in [1.807, 2.05) is 74.5 Å². The van der Waals surface area contributed by atoms with Crippen LogP contribution in [0.15, 0.2) is 86.0 Å². The van der Waals surface area contributed by atoms with E-state index in [1.54, 1.807) is 38.6 Å². The van der Waals surface area contributed by atoms with Crippen molar-refractivity contribution >= 4 is 35.2 Å². The number of aliphatic hydroxyl groups is 1. The van der Waals surface area contributed by atoms with E-state index in [0.717, 1.165) is 17.7 Å². The van der Waals surface area contributed by atoms with Gasteiger partial charge in [-0.2, -0.15) is 0 Å². The molecule has 41 heavy (non-hydrogen) atoms. The van der Waals surface area contributed by atoms with E-state index in [1.165, 1.54) is 0 Å². The van der Waals surface area contributed by atoms with Gasteiger partial charge in [-0.05, 0) is 44.4 Å². The Balaban J connectivity index is 1.62. The SMILES string of the molecule is C=CCN(C(=O)[C@@H]1[C@H]2C(=O)N([C@H](CO)c3ccccc3)C(C(=O)N(CC=C)C(C)C)C23CC[C@H]1S3)c1ccccc1. The third-order valence-electron chi connectivity index (χ3n) is 8.83. The second kappa shape index (κ2) is 11.9. The Morgan fingerprint density at radius 3 is 2.27 bits per heavy atom. The number of carbonyl (C=O) groups excluding carboxylic acids is 3. The number of aliphatic hydroxyl groups excluding tert-OH is 1. The molecule has 0 saturated carbocycles. The van der Waals surface area contributed by atoms with Gasteiger partial charge in [-0.15, -0.1) is 24.9 Å². The fourth-order valence-electron chi connectivity index (χ4n) is 7.11. The Hall–Kier alpha value is -3.36. The molecule has 3 heterocycles. The van der Waals surface area contributed by atoms with Crippen molar-refractivity contribution in [2.75, 3.05) is 24.6 Å². The van der Waals surface area contributed by atoms with Gasteiger partial charge in [0.1, 0.15) is 6.04 Å². The number of amides is 3. The summed E-state index contributed by atoms with van der Waals surface area (Å²) < 4.78 is -0.758. The molecule has 1 spiro atoms. The molecule has 5 rings (SSSR count). The quantitative estimate of drug-likeness (QED) is 0.402. The monoisotopic (exact) mass is 573 g/mol. The predicted octanol–water partition coefficient (Wildman–Crippen LogP) is 4.45. The Bertz CT molecular complexity index is 1300. The second-order valence-corrected chi connectivity index (χ2v) is 13.0. The molecular weight excluding hydrogens is 534 g/mol. The minimum absolute atomic E-state index is 0.0684. The molecule has 2 bridgehead atoms. The van der Waals surface area contributed by atoms with Gasteiger partial charge in [0.2, 0.25) is 17.7 Å². The maximum atomic E-state index is 14.7. The Kier molecular flexibility index (Phi) is 8.43. The van der Waals surface area contributed by atoms with E-state index in [4.69, 9.17) is 0 Å². The van der Waals surface area contributed by atoms with Crippen LogP contribution in [0.3, 0.4) is 0 Å². The van der Waals surface area contributed by atoms with E-state index in [-0.39, 0.29) is 35.6 Å². The van der Waals surface area contributed by atoms with Crippen LogP contribution in [0.4, 0.5) is 5.69 Å². The first-order chi connectivity index (χ1) is 19.8. The maximum Gasteiger partial charge on any atom is 0.247 e. The van der Waals surface area contributed by atoms with Crippen molar-refractivity contribution in [1.82, 2.24) is 9.80 Å². The summed E-state index contributed by atoms with van der Waals surface area (Å²) in [5.74, 6) is -1.75. The van der Waals surface area contributed by atoms with Crippen LogP contribution in [0, 0.1) is 11.8 Å². The van der Waals surface area contributed by atoms with Crippen LogP contribution in [0.1, 0.15) is 38.3 Å². The minimum atomic E-state index is -0.808. The number of hydrogen-bond acceptors (Lipinski definition) is 5. The molecule has 3 fully saturated rings. The number of benzene rings is 2. The van der Waals surface area contributed by atoms with Crippen LogP contribution < -0.4 is 4.90 Å². The van der Waals surface area contributed by atoms with Crippen molar-refractivity contribution in [2.24, 2.45) is 11.8 Å². The molecule has 3 saturated heterocycles. The first kappa shape index (κ1) is 29.1. The lowest BCUT2D eigenvalue weighted by Gasteiger charge is -2.40. The molecule has 1 N–H and O–H groups in total. The zero-order valence-corrected chi connectivity index (χ0v) is 24.6.